The summed E-state index contributed by atoms with van der Waals surface area (Å²) in [7, 11) is 0. The molecule has 0 saturated heterocycles. The predicted molar refractivity (Wildman–Crippen MR) is 65.9 cm³/mol. The van der Waals surface area contributed by atoms with E-state index in [4.69, 9.17) is 0 Å². The Hall–Kier alpha value is -1.91. The fourth-order valence-corrected chi connectivity index (χ4v) is 1.34. The Morgan fingerprint density at radius 2 is 2.18 bits per heavy atom. The fraction of sp³-hybridized carbons (Fsp3) is 0.417. The summed E-state index contributed by atoms with van der Waals surface area (Å²) in [4.78, 5) is 21.8. The van der Waals surface area contributed by atoms with Crippen LogP contribution in [-0.2, 0) is 4.79 Å². The summed E-state index contributed by atoms with van der Waals surface area (Å²) < 4.78 is 0. The third-order valence-electron chi connectivity index (χ3n) is 2.74. The van der Waals surface area contributed by atoms with Crippen LogP contribution in [0.2, 0.25) is 0 Å². The van der Waals surface area contributed by atoms with Crippen molar-refractivity contribution in [1.82, 2.24) is 0 Å². The quantitative estimate of drug-likeness (QED) is 0.645. The number of benzene rings is 1. The first kappa shape index (κ1) is 13.2. The molecular formula is C12H16N2O3. The van der Waals surface area contributed by atoms with Gasteiger partial charge in [0.2, 0.25) is 5.91 Å². The predicted octanol–water partition coefficient (Wildman–Crippen LogP) is 2.89. The molecule has 92 valence electrons. The highest BCUT2D eigenvalue weighted by molar-refractivity contribution is 5.93. The van der Waals surface area contributed by atoms with Crippen LogP contribution >= 0.6 is 0 Å². The molecule has 0 radical (unpaired) electrons. The van der Waals surface area contributed by atoms with Crippen molar-refractivity contribution in [2.45, 2.75) is 27.2 Å². The molecule has 0 aliphatic rings. The molecule has 0 aliphatic carbocycles. The SMILES string of the molecule is CC[C@@H](C)C(=O)Nc1ccc([N+](=O)[O-])cc1C. The van der Waals surface area contributed by atoms with E-state index in [1.165, 1.54) is 12.1 Å². The van der Waals surface area contributed by atoms with Gasteiger partial charge >= 0.3 is 0 Å². The summed E-state index contributed by atoms with van der Waals surface area (Å²) in [6.07, 6.45) is 0.762. The second-order valence-corrected chi connectivity index (χ2v) is 4.05. The van der Waals surface area contributed by atoms with Gasteiger partial charge in [0.05, 0.1) is 4.92 Å². The van der Waals surface area contributed by atoms with Gasteiger partial charge in [0.15, 0.2) is 0 Å². The largest absolute Gasteiger partial charge is 0.326 e. The zero-order valence-corrected chi connectivity index (χ0v) is 10.2. The lowest BCUT2D eigenvalue weighted by molar-refractivity contribution is -0.384. The molecule has 0 aliphatic heterocycles. The first-order valence-electron chi connectivity index (χ1n) is 5.51. The van der Waals surface area contributed by atoms with E-state index in [-0.39, 0.29) is 17.5 Å². The van der Waals surface area contributed by atoms with Crippen LogP contribution in [0.25, 0.3) is 0 Å². The smallest absolute Gasteiger partial charge is 0.269 e. The number of hydrogen-bond donors (Lipinski definition) is 1. The van der Waals surface area contributed by atoms with Crippen molar-refractivity contribution in [1.29, 1.82) is 0 Å². The van der Waals surface area contributed by atoms with E-state index >= 15 is 0 Å². The van der Waals surface area contributed by atoms with E-state index in [0.29, 0.717) is 11.3 Å². The summed E-state index contributed by atoms with van der Waals surface area (Å²) in [5.74, 6) is -0.131. The lowest BCUT2D eigenvalue weighted by Crippen LogP contribution is -2.20. The average Bonchev–Trinajstić information content (AvgIpc) is 2.30. The van der Waals surface area contributed by atoms with Crippen molar-refractivity contribution < 1.29 is 9.72 Å². The number of nitrogens with one attached hydrogen (secondary N) is 1. The molecule has 0 heterocycles. The molecule has 0 aromatic heterocycles. The highest BCUT2D eigenvalue weighted by Gasteiger charge is 2.13. The number of non-ortho nitro benzene ring substituents is 1. The number of carbonyl (C=O) groups excluding carboxylic acids is 1. The van der Waals surface area contributed by atoms with Crippen LogP contribution in [0, 0.1) is 23.0 Å². The highest BCUT2D eigenvalue weighted by atomic mass is 16.6. The Balaban J connectivity index is 2.86. The first-order valence-corrected chi connectivity index (χ1v) is 5.51. The molecular weight excluding hydrogens is 220 g/mol. The van der Waals surface area contributed by atoms with Crippen LogP contribution in [0.5, 0.6) is 0 Å². The molecule has 0 unspecified atom stereocenters. The van der Waals surface area contributed by atoms with Gasteiger partial charge in [-0.1, -0.05) is 13.8 Å². The maximum absolute atomic E-state index is 11.7. The maximum atomic E-state index is 11.7. The standard InChI is InChI=1S/C12H16N2O3/c1-4-8(2)12(15)13-11-6-5-10(14(16)17)7-9(11)3/h5-8H,4H2,1-3H3,(H,13,15)/t8-/m1/s1. The number of rotatable bonds is 4. The van der Waals surface area contributed by atoms with Crippen LogP contribution in [0.4, 0.5) is 11.4 Å². The number of hydrogen-bond acceptors (Lipinski definition) is 3. The number of carbonyl (C=O) groups is 1. The van der Waals surface area contributed by atoms with Gasteiger partial charge in [-0.15, -0.1) is 0 Å². The number of aryl methyl sites for hydroxylation is 1. The fourth-order valence-electron chi connectivity index (χ4n) is 1.34. The molecule has 1 rings (SSSR count). The molecule has 1 N–H and O–H groups in total. The molecule has 5 heteroatoms. The third kappa shape index (κ3) is 3.27. The molecule has 0 fully saturated rings. The lowest BCUT2D eigenvalue weighted by atomic mass is 10.1. The molecule has 0 bridgehead atoms. The van der Waals surface area contributed by atoms with Gasteiger partial charge in [-0.05, 0) is 25.0 Å². The van der Waals surface area contributed by atoms with E-state index in [0.717, 1.165) is 6.42 Å². The molecule has 1 aromatic carbocycles. The number of nitro groups is 1. The van der Waals surface area contributed by atoms with Gasteiger partial charge in [-0.2, -0.15) is 0 Å². The van der Waals surface area contributed by atoms with Crippen LogP contribution in [0.3, 0.4) is 0 Å². The van der Waals surface area contributed by atoms with E-state index in [1.54, 1.807) is 13.0 Å². The summed E-state index contributed by atoms with van der Waals surface area (Å²) in [6.45, 7) is 5.52. The van der Waals surface area contributed by atoms with Gasteiger partial charge < -0.3 is 5.32 Å². The monoisotopic (exact) mass is 236 g/mol. The summed E-state index contributed by atoms with van der Waals surface area (Å²) in [5, 5.41) is 13.3. The van der Waals surface area contributed by atoms with Crippen molar-refractivity contribution in [3.05, 3.63) is 33.9 Å². The topological polar surface area (TPSA) is 72.2 Å². The second-order valence-electron chi connectivity index (χ2n) is 4.05. The van der Waals surface area contributed by atoms with E-state index in [2.05, 4.69) is 5.32 Å². The van der Waals surface area contributed by atoms with Crippen molar-refractivity contribution in [3.8, 4) is 0 Å². The zero-order chi connectivity index (χ0) is 13.0. The number of nitrogens with zero attached hydrogens (tertiary/aromatic N) is 1. The maximum Gasteiger partial charge on any atom is 0.269 e. The molecule has 0 saturated carbocycles. The third-order valence-corrected chi connectivity index (χ3v) is 2.74. The van der Waals surface area contributed by atoms with E-state index in [9.17, 15) is 14.9 Å². The van der Waals surface area contributed by atoms with E-state index in [1.807, 2.05) is 13.8 Å². The Labute approximate surface area is 100.0 Å². The Bertz CT molecular complexity index is 443. The Morgan fingerprint density at radius 3 is 2.65 bits per heavy atom. The number of nitro benzene ring substituents is 1. The van der Waals surface area contributed by atoms with Gasteiger partial charge in [0, 0.05) is 23.7 Å². The minimum absolute atomic E-state index is 0.0315. The number of amides is 1. The second kappa shape index (κ2) is 5.43. The van der Waals surface area contributed by atoms with E-state index < -0.39 is 4.92 Å². The molecule has 1 aromatic rings. The van der Waals surface area contributed by atoms with Crippen LogP contribution in [-0.4, -0.2) is 10.8 Å². The van der Waals surface area contributed by atoms with Gasteiger partial charge in [-0.3, -0.25) is 14.9 Å². The van der Waals surface area contributed by atoms with Crippen LogP contribution < -0.4 is 5.32 Å². The van der Waals surface area contributed by atoms with Gasteiger partial charge in [0.1, 0.15) is 0 Å². The van der Waals surface area contributed by atoms with Gasteiger partial charge in [-0.25, -0.2) is 0 Å². The Kier molecular flexibility index (Phi) is 4.20. The average molecular weight is 236 g/mol. The normalized spacial score (nSPS) is 11.9. The first-order chi connectivity index (χ1) is 7.95. The Morgan fingerprint density at radius 1 is 1.53 bits per heavy atom. The van der Waals surface area contributed by atoms with Crippen molar-refractivity contribution in [3.63, 3.8) is 0 Å². The van der Waals surface area contributed by atoms with Crippen molar-refractivity contribution in [2.75, 3.05) is 5.32 Å². The molecule has 1 amide bonds. The minimum Gasteiger partial charge on any atom is -0.326 e. The van der Waals surface area contributed by atoms with Crippen molar-refractivity contribution in [2.24, 2.45) is 5.92 Å². The van der Waals surface area contributed by atoms with Gasteiger partial charge in [0.25, 0.3) is 5.69 Å². The number of anilines is 1. The summed E-state index contributed by atoms with van der Waals surface area (Å²) >= 11 is 0. The molecule has 17 heavy (non-hydrogen) atoms. The minimum atomic E-state index is -0.451. The molecule has 5 nitrogen and oxygen atoms in total. The zero-order valence-electron chi connectivity index (χ0n) is 10.2. The lowest BCUT2D eigenvalue weighted by Gasteiger charge is -2.11. The summed E-state index contributed by atoms with van der Waals surface area (Å²) in [6, 6.07) is 4.40. The highest BCUT2D eigenvalue weighted by Crippen LogP contribution is 2.21. The molecule has 1 atom stereocenters. The van der Waals surface area contributed by atoms with Crippen molar-refractivity contribution >= 4 is 17.3 Å². The summed E-state index contributed by atoms with van der Waals surface area (Å²) in [5.41, 5.74) is 1.35. The van der Waals surface area contributed by atoms with Crippen LogP contribution in [0.1, 0.15) is 25.8 Å². The van der Waals surface area contributed by atoms with Crippen LogP contribution in [0.15, 0.2) is 18.2 Å². The molecule has 0 spiro atoms.